The van der Waals surface area contributed by atoms with Gasteiger partial charge in [-0.05, 0) is 38.2 Å². The lowest BCUT2D eigenvalue weighted by Crippen LogP contribution is -2.51. The first-order valence-corrected chi connectivity index (χ1v) is 9.54. The monoisotopic (exact) mass is 343 g/mol. The Morgan fingerprint density at radius 3 is 2.48 bits per heavy atom. The number of hydrogen-bond donors (Lipinski definition) is 2. The van der Waals surface area contributed by atoms with Gasteiger partial charge in [0.05, 0.1) is 0 Å². The predicted molar refractivity (Wildman–Crippen MR) is 98.2 cm³/mol. The van der Waals surface area contributed by atoms with Crippen LogP contribution in [0.5, 0.6) is 0 Å². The predicted octanol–water partition coefficient (Wildman–Crippen LogP) is 3.12. The number of nitrogens with zero attached hydrogens (tertiary/aromatic N) is 1. The molecule has 136 valence electrons. The van der Waals surface area contributed by atoms with Crippen LogP contribution in [0.2, 0.25) is 0 Å². The van der Waals surface area contributed by atoms with Gasteiger partial charge in [0.1, 0.15) is 6.04 Å². The van der Waals surface area contributed by atoms with E-state index in [0.29, 0.717) is 13.1 Å². The van der Waals surface area contributed by atoms with Gasteiger partial charge in [-0.2, -0.15) is 0 Å². The molecule has 0 bridgehead atoms. The summed E-state index contributed by atoms with van der Waals surface area (Å²) in [7, 11) is 0. The number of urea groups is 1. The number of amides is 3. The number of rotatable bonds is 4. The lowest BCUT2D eigenvalue weighted by Gasteiger charge is -2.29. The van der Waals surface area contributed by atoms with Crippen LogP contribution in [-0.2, 0) is 11.3 Å². The summed E-state index contributed by atoms with van der Waals surface area (Å²) in [6.45, 7) is 3.22. The van der Waals surface area contributed by atoms with Crippen molar-refractivity contribution in [2.24, 2.45) is 0 Å². The molecule has 0 radical (unpaired) electrons. The Kier molecular flexibility index (Phi) is 5.95. The highest BCUT2D eigenvalue weighted by atomic mass is 16.2. The number of nitrogens with one attached hydrogen (secondary N) is 2. The molecule has 0 aromatic heterocycles. The molecule has 2 N–H and O–H groups in total. The van der Waals surface area contributed by atoms with Crippen LogP contribution in [0.3, 0.4) is 0 Å². The number of likely N-dealkylation sites (tertiary alicyclic amines) is 1. The topological polar surface area (TPSA) is 61.4 Å². The summed E-state index contributed by atoms with van der Waals surface area (Å²) in [6.07, 6.45) is 7.39. The second-order valence-electron chi connectivity index (χ2n) is 7.34. The Morgan fingerprint density at radius 1 is 1.04 bits per heavy atom. The normalized spacial score (nSPS) is 21.2. The molecule has 1 saturated carbocycles. The molecule has 1 saturated heterocycles. The number of aryl methyl sites for hydroxylation is 1. The third kappa shape index (κ3) is 4.74. The SMILES string of the molecule is Cc1ccc(CNC(=O)[C@H]2CCCN2C(=O)NC2CCCCC2)cc1. The van der Waals surface area contributed by atoms with Gasteiger partial charge in [0, 0.05) is 19.1 Å². The molecule has 0 spiro atoms. The largest absolute Gasteiger partial charge is 0.350 e. The minimum absolute atomic E-state index is 0.0446. The summed E-state index contributed by atoms with van der Waals surface area (Å²) < 4.78 is 0. The van der Waals surface area contributed by atoms with Crippen LogP contribution < -0.4 is 10.6 Å². The molecule has 2 fully saturated rings. The van der Waals surface area contributed by atoms with Gasteiger partial charge in [-0.3, -0.25) is 4.79 Å². The average molecular weight is 343 g/mol. The highest BCUT2D eigenvalue weighted by molar-refractivity contribution is 5.87. The molecule has 5 nitrogen and oxygen atoms in total. The van der Waals surface area contributed by atoms with E-state index in [1.54, 1.807) is 4.90 Å². The van der Waals surface area contributed by atoms with E-state index in [2.05, 4.69) is 10.6 Å². The zero-order valence-electron chi connectivity index (χ0n) is 15.1. The molecule has 3 rings (SSSR count). The van der Waals surface area contributed by atoms with Crippen molar-refractivity contribution in [3.8, 4) is 0 Å². The van der Waals surface area contributed by atoms with Crippen LogP contribution >= 0.6 is 0 Å². The van der Waals surface area contributed by atoms with Gasteiger partial charge in [0.2, 0.25) is 5.91 Å². The molecule has 0 unspecified atom stereocenters. The van der Waals surface area contributed by atoms with Gasteiger partial charge in [0.15, 0.2) is 0 Å². The molecule has 1 aromatic rings. The Labute approximate surface area is 150 Å². The zero-order chi connectivity index (χ0) is 17.6. The fourth-order valence-electron chi connectivity index (χ4n) is 3.80. The van der Waals surface area contributed by atoms with Crippen molar-refractivity contribution in [1.82, 2.24) is 15.5 Å². The summed E-state index contributed by atoms with van der Waals surface area (Å²) in [4.78, 5) is 26.9. The van der Waals surface area contributed by atoms with Gasteiger partial charge >= 0.3 is 6.03 Å². The molecule has 25 heavy (non-hydrogen) atoms. The lowest BCUT2D eigenvalue weighted by molar-refractivity contribution is -0.124. The quantitative estimate of drug-likeness (QED) is 0.882. The van der Waals surface area contributed by atoms with Crippen LogP contribution in [-0.4, -0.2) is 35.5 Å². The Balaban J connectivity index is 1.51. The number of carbonyl (C=O) groups is 2. The van der Waals surface area contributed by atoms with Crippen LogP contribution in [0, 0.1) is 6.92 Å². The molecule has 1 heterocycles. The van der Waals surface area contributed by atoms with Gasteiger partial charge in [-0.25, -0.2) is 4.79 Å². The van der Waals surface area contributed by atoms with Gasteiger partial charge in [0.25, 0.3) is 0 Å². The van der Waals surface area contributed by atoms with Crippen molar-refractivity contribution in [1.29, 1.82) is 0 Å². The van der Waals surface area contributed by atoms with E-state index < -0.39 is 0 Å². The maximum atomic E-state index is 12.6. The Hall–Kier alpha value is -2.04. The minimum Gasteiger partial charge on any atom is -0.350 e. The third-order valence-corrected chi connectivity index (χ3v) is 5.34. The van der Waals surface area contributed by atoms with E-state index in [0.717, 1.165) is 31.2 Å². The second-order valence-corrected chi connectivity index (χ2v) is 7.34. The minimum atomic E-state index is -0.339. The molecule has 3 amide bonds. The van der Waals surface area contributed by atoms with Crippen molar-refractivity contribution >= 4 is 11.9 Å². The van der Waals surface area contributed by atoms with Gasteiger partial charge < -0.3 is 15.5 Å². The van der Waals surface area contributed by atoms with E-state index in [1.807, 2.05) is 31.2 Å². The van der Waals surface area contributed by atoms with Gasteiger partial charge in [-0.1, -0.05) is 49.1 Å². The Morgan fingerprint density at radius 2 is 1.76 bits per heavy atom. The summed E-state index contributed by atoms with van der Waals surface area (Å²) in [6, 6.07) is 8.00. The third-order valence-electron chi connectivity index (χ3n) is 5.34. The number of carbonyl (C=O) groups excluding carboxylic acids is 2. The van der Waals surface area contributed by atoms with Crippen molar-refractivity contribution in [3.05, 3.63) is 35.4 Å². The molecule has 1 aliphatic heterocycles. The summed E-state index contributed by atoms with van der Waals surface area (Å²) in [5.74, 6) is -0.0446. The first kappa shape index (κ1) is 17.8. The number of hydrogen-bond acceptors (Lipinski definition) is 2. The van der Waals surface area contributed by atoms with Crippen molar-refractivity contribution in [3.63, 3.8) is 0 Å². The molecular formula is C20H29N3O2. The fourth-order valence-corrected chi connectivity index (χ4v) is 3.80. The number of benzene rings is 1. The molecule has 1 aliphatic carbocycles. The molecule has 1 aromatic carbocycles. The van der Waals surface area contributed by atoms with E-state index in [4.69, 9.17) is 0 Å². The van der Waals surface area contributed by atoms with Gasteiger partial charge in [-0.15, -0.1) is 0 Å². The highest BCUT2D eigenvalue weighted by Crippen LogP contribution is 2.21. The summed E-state index contributed by atoms with van der Waals surface area (Å²) >= 11 is 0. The Bertz CT molecular complexity index is 593. The molecular weight excluding hydrogens is 314 g/mol. The summed E-state index contributed by atoms with van der Waals surface area (Å²) in [5.41, 5.74) is 2.28. The van der Waals surface area contributed by atoms with Crippen molar-refractivity contribution in [2.75, 3.05) is 6.54 Å². The maximum absolute atomic E-state index is 12.6. The first-order valence-electron chi connectivity index (χ1n) is 9.54. The van der Waals surface area contributed by atoms with Crippen LogP contribution in [0.1, 0.15) is 56.1 Å². The smallest absolute Gasteiger partial charge is 0.318 e. The van der Waals surface area contributed by atoms with Crippen LogP contribution in [0.25, 0.3) is 0 Å². The maximum Gasteiger partial charge on any atom is 0.318 e. The van der Waals surface area contributed by atoms with Crippen LogP contribution in [0.4, 0.5) is 4.79 Å². The highest BCUT2D eigenvalue weighted by Gasteiger charge is 2.34. The average Bonchev–Trinajstić information content (AvgIpc) is 3.12. The standard InChI is InChI=1S/C20H29N3O2/c1-15-9-11-16(12-10-15)14-21-19(24)18-8-5-13-23(18)20(25)22-17-6-3-2-4-7-17/h9-12,17-18H,2-8,13-14H2,1H3,(H,21,24)(H,22,25)/t18-/m1/s1. The van der Waals surface area contributed by atoms with E-state index >= 15 is 0 Å². The summed E-state index contributed by atoms with van der Waals surface area (Å²) in [5, 5.41) is 6.12. The molecule has 5 heteroatoms. The van der Waals surface area contributed by atoms with Crippen LogP contribution in [0.15, 0.2) is 24.3 Å². The molecule has 2 aliphatic rings. The van der Waals surface area contributed by atoms with E-state index in [1.165, 1.54) is 24.8 Å². The van der Waals surface area contributed by atoms with Crippen molar-refractivity contribution < 1.29 is 9.59 Å². The first-order chi connectivity index (χ1) is 12.1. The van der Waals surface area contributed by atoms with Crippen molar-refractivity contribution in [2.45, 2.75) is 70.5 Å². The molecule has 1 atom stereocenters. The lowest BCUT2D eigenvalue weighted by atomic mass is 9.96. The second kappa shape index (κ2) is 8.37. The van der Waals surface area contributed by atoms with E-state index in [9.17, 15) is 9.59 Å². The fraction of sp³-hybridized carbons (Fsp3) is 0.600. The zero-order valence-corrected chi connectivity index (χ0v) is 15.1. The van der Waals surface area contributed by atoms with E-state index in [-0.39, 0.29) is 24.0 Å².